The average Bonchev–Trinajstić information content (AvgIpc) is 2.97. The predicted molar refractivity (Wildman–Crippen MR) is 148 cm³/mol. The monoisotopic (exact) mass is 522 g/mol. The first-order chi connectivity index (χ1) is 18.7. The molecule has 196 valence electrons. The number of carboxylic acid groups (broad SMARTS) is 2. The third kappa shape index (κ3) is 10.6. The summed E-state index contributed by atoms with van der Waals surface area (Å²) in [7, 11) is 0. The molecule has 4 aromatic carbocycles. The van der Waals surface area contributed by atoms with E-state index >= 15 is 0 Å². The highest BCUT2D eigenvalue weighted by Gasteiger charge is 2.02. The van der Waals surface area contributed by atoms with Crippen LogP contribution >= 0.6 is 0 Å². The number of benzene rings is 4. The minimum atomic E-state index is -0.984. The SMILES string of the molecule is CC(=O)c1ccccc1.O=C(O)c1ccc(/C=C/C(=O)c2ccccc2)cc1.O=Cc1ccc(C(=O)O)cc1. The molecule has 0 aliphatic rings. The minimum Gasteiger partial charge on any atom is -0.478 e. The van der Waals surface area contributed by atoms with Gasteiger partial charge in [-0.05, 0) is 42.8 Å². The molecule has 39 heavy (non-hydrogen) atoms. The third-order valence-electron chi connectivity index (χ3n) is 5.12. The molecule has 4 aromatic rings. The highest BCUT2D eigenvalue weighted by Crippen LogP contribution is 2.08. The van der Waals surface area contributed by atoms with Gasteiger partial charge in [0.2, 0.25) is 0 Å². The molecule has 7 nitrogen and oxygen atoms in total. The summed E-state index contributed by atoms with van der Waals surface area (Å²) in [6.45, 7) is 1.56. The van der Waals surface area contributed by atoms with Crippen molar-refractivity contribution in [2.45, 2.75) is 6.92 Å². The van der Waals surface area contributed by atoms with Gasteiger partial charge in [0, 0.05) is 16.7 Å². The van der Waals surface area contributed by atoms with Crippen molar-refractivity contribution >= 4 is 35.9 Å². The van der Waals surface area contributed by atoms with Gasteiger partial charge < -0.3 is 10.2 Å². The van der Waals surface area contributed by atoms with Crippen LogP contribution in [0.4, 0.5) is 0 Å². The van der Waals surface area contributed by atoms with Crippen molar-refractivity contribution in [2.24, 2.45) is 0 Å². The molecule has 0 aliphatic carbocycles. The number of carbonyl (C=O) groups is 5. The van der Waals surface area contributed by atoms with Crippen molar-refractivity contribution in [3.63, 3.8) is 0 Å². The molecule has 4 rings (SSSR count). The van der Waals surface area contributed by atoms with Crippen molar-refractivity contribution in [2.75, 3.05) is 0 Å². The zero-order valence-corrected chi connectivity index (χ0v) is 21.1. The molecule has 7 heteroatoms. The van der Waals surface area contributed by atoms with Gasteiger partial charge in [0.25, 0.3) is 0 Å². The summed E-state index contributed by atoms with van der Waals surface area (Å²) in [6, 6.07) is 30.3. The Hall–Kier alpha value is -5.43. The standard InChI is InChI=1S/C16H12O3.C8H6O3.C8H8O/c17-15(13-4-2-1-3-5-13)11-8-12-6-9-14(10-7-12)16(18)19;9-5-6-1-3-7(4-2-6)8(10)11;1-7(9)8-5-3-2-4-6-8/h1-11H,(H,18,19);1-5H,(H,10,11);2-6H,1H3/b11-8+;;. The highest BCUT2D eigenvalue weighted by atomic mass is 16.4. The van der Waals surface area contributed by atoms with Crippen molar-refractivity contribution in [3.8, 4) is 0 Å². The van der Waals surface area contributed by atoms with Crippen LogP contribution in [0.5, 0.6) is 0 Å². The second-order valence-electron chi connectivity index (χ2n) is 7.96. The molecule has 0 aliphatic heterocycles. The first kappa shape index (κ1) is 29.8. The van der Waals surface area contributed by atoms with Gasteiger partial charge in [0.1, 0.15) is 6.29 Å². The quantitative estimate of drug-likeness (QED) is 0.164. The topological polar surface area (TPSA) is 126 Å². The van der Waals surface area contributed by atoms with Crippen LogP contribution in [-0.2, 0) is 0 Å². The summed E-state index contributed by atoms with van der Waals surface area (Å²) in [5.74, 6) is -1.91. The van der Waals surface area contributed by atoms with Gasteiger partial charge in [0.15, 0.2) is 11.6 Å². The fourth-order valence-corrected chi connectivity index (χ4v) is 2.98. The number of rotatable bonds is 7. The Morgan fingerprint density at radius 3 is 1.31 bits per heavy atom. The zero-order chi connectivity index (χ0) is 28.6. The molecule has 0 bridgehead atoms. The molecule has 2 N–H and O–H groups in total. The number of carboxylic acids is 2. The molecule has 0 saturated heterocycles. The maximum absolute atomic E-state index is 11.8. The lowest BCUT2D eigenvalue weighted by atomic mass is 10.1. The van der Waals surface area contributed by atoms with Crippen molar-refractivity contribution in [3.05, 3.63) is 149 Å². The number of allylic oxidation sites excluding steroid dienone is 1. The summed E-state index contributed by atoms with van der Waals surface area (Å²) >= 11 is 0. The number of aromatic carboxylic acids is 2. The van der Waals surface area contributed by atoms with E-state index in [9.17, 15) is 24.0 Å². The third-order valence-corrected chi connectivity index (χ3v) is 5.12. The van der Waals surface area contributed by atoms with Gasteiger partial charge in [0.05, 0.1) is 11.1 Å². The van der Waals surface area contributed by atoms with Gasteiger partial charge in [-0.15, -0.1) is 0 Å². The summed E-state index contributed by atoms with van der Waals surface area (Å²) in [6.07, 6.45) is 3.82. The molecular weight excluding hydrogens is 496 g/mol. The second kappa shape index (κ2) is 15.6. The van der Waals surface area contributed by atoms with Crippen LogP contribution in [0.1, 0.15) is 64.3 Å². The van der Waals surface area contributed by atoms with E-state index in [2.05, 4.69) is 0 Å². The number of Topliss-reactive ketones (excluding diaryl/α,β-unsaturated/α-hetero) is 1. The fourth-order valence-electron chi connectivity index (χ4n) is 2.98. The van der Waals surface area contributed by atoms with Crippen LogP contribution in [-0.4, -0.2) is 40.0 Å². The highest BCUT2D eigenvalue weighted by molar-refractivity contribution is 6.06. The summed E-state index contributed by atoms with van der Waals surface area (Å²) in [5, 5.41) is 17.2. The lowest BCUT2D eigenvalue weighted by Gasteiger charge is -1.96. The Kier molecular flexibility index (Phi) is 11.9. The van der Waals surface area contributed by atoms with Gasteiger partial charge in [-0.3, -0.25) is 14.4 Å². The Bertz CT molecular complexity index is 1420. The molecule has 0 amide bonds. The lowest BCUT2D eigenvalue weighted by molar-refractivity contribution is 0.0686. The van der Waals surface area contributed by atoms with Crippen LogP contribution in [0.3, 0.4) is 0 Å². The molecule has 0 spiro atoms. The van der Waals surface area contributed by atoms with E-state index in [4.69, 9.17) is 10.2 Å². The van der Waals surface area contributed by atoms with E-state index in [-0.39, 0.29) is 22.7 Å². The number of aldehydes is 1. The van der Waals surface area contributed by atoms with Crippen LogP contribution in [0, 0.1) is 0 Å². The first-order valence-electron chi connectivity index (χ1n) is 11.7. The van der Waals surface area contributed by atoms with Gasteiger partial charge in [-0.2, -0.15) is 0 Å². The van der Waals surface area contributed by atoms with Gasteiger partial charge in [-0.25, -0.2) is 9.59 Å². The van der Waals surface area contributed by atoms with Gasteiger partial charge >= 0.3 is 11.9 Å². The number of carbonyl (C=O) groups excluding carboxylic acids is 3. The molecular formula is C32H26O7. The Morgan fingerprint density at radius 2 is 0.949 bits per heavy atom. The fraction of sp³-hybridized carbons (Fsp3) is 0.0312. The zero-order valence-electron chi connectivity index (χ0n) is 21.1. The van der Waals surface area contributed by atoms with E-state index in [0.29, 0.717) is 17.4 Å². The summed E-state index contributed by atoms with van der Waals surface area (Å²) < 4.78 is 0. The maximum atomic E-state index is 11.8. The van der Waals surface area contributed by atoms with Crippen LogP contribution in [0.2, 0.25) is 0 Å². The largest absolute Gasteiger partial charge is 0.478 e. The van der Waals surface area contributed by atoms with Crippen LogP contribution in [0.25, 0.3) is 6.08 Å². The van der Waals surface area contributed by atoms with E-state index in [1.54, 1.807) is 37.3 Å². The van der Waals surface area contributed by atoms with E-state index in [1.807, 2.05) is 48.5 Å². The summed E-state index contributed by atoms with van der Waals surface area (Å²) in [4.78, 5) is 53.6. The number of ketones is 2. The van der Waals surface area contributed by atoms with E-state index in [0.717, 1.165) is 11.1 Å². The van der Waals surface area contributed by atoms with E-state index < -0.39 is 11.9 Å². The molecule has 0 saturated carbocycles. The lowest BCUT2D eigenvalue weighted by Crippen LogP contribution is -1.95. The number of hydrogen-bond donors (Lipinski definition) is 2. The molecule has 0 heterocycles. The number of hydrogen-bond acceptors (Lipinski definition) is 5. The molecule has 0 unspecified atom stereocenters. The molecule has 0 radical (unpaired) electrons. The van der Waals surface area contributed by atoms with E-state index in [1.165, 1.54) is 42.5 Å². The van der Waals surface area contributed by atoms with Crippen molar-refractivity contribution in [1.29, 1.82) is 0 Å². The first-order valence-corrected chi connectivity index (χ1v) is 11.7. The molecule has 0 atom stereocenters. The van der Waals surface area contributed by atoms with Crippen LogP contribution in [0.15, 0.2) is 115 Å². The smallest absolute Gasteiger partial charge is 0.335 e. The molecule has 0 fully saturated rings. The predicted octanol–water partition coefficient (Wildman–Crippen LogP) is 6.37. The minimum absolute atomic E-state index is 0.0806. The maximum Gasteiger partial charge on any atom is 0.335 e. The van der Waals surface area contributed by atoms with Gasteiger partial charge in [-0.1, -0.05) is 91.0 Å². The Morgan fingerprint density at radius 1 is 0.538 bits per heavy atom. The summed E-state index contributed by atoms with van der Waals surface area (Å²) in [5.41, 5.74) is 3.09. The van der Waals surface area contributed by atoms with Crippen LogP contribution < -0.4 is 0 Å². The second-order valence-corrected chi connectivity index (χ2v) is 7.96. The average molecular weight is 523 g/mol. The van der Waals surface area contributed by atoms with Crippen molar-refractivity contribution < 1.29 is 34.2 Å². The Labute approximate surface area is 225 Å². The normalized spacial score (nSPS) is 9.77. The Balaban J connectivity index is 0.000000226. The molecule has 0 aromatic heterocycles. The van der Waals surface area contributed by atoms with Crippen molar-refractivity contribution in [1.82, 2.24) is 0 Å².